The SMILES string of the molecule is C[C@H]1CCCC[C@@H]1NC(=O)C(=O)NCCC1=CCCCC1. The summed E-state index contributed by atoms with van der Waals surface area (Å²) in [5.41, 5.74) is 1.42. The van der Waals surface area contributed by atoms with Gasteiger partial charge in [0.05, 0.1) is 0 Å². The molecule has 0 unspecified atom stereocenters. The molecule has 2 rings (SSSR count). The number of amides is 2. The van der Waals surface area contributed by atoms with Crippen molar-refractivity contribution < 1.29 is 9.59 Å². The molecule has 2 aliphatic rings. The average molecular weight is 292 g/mol. The van der Waals surface area contributed by atoms with Crippen LogP contribution >= 0.6 is 0 Å². The minimum atomic E-state index is -0.482. The molecule has 1 fully saturated rings. The normalized spacial score (nSPS) is 25.9. The Bertz CT molecular complexity index is 404. The zero-order chi connectivity index (χ0) is 15.1. The van der Waals surface area contributed by atoms with Gasteiger partial charge in [0, 0.05) is 12.6 Å². The Morgan fingerprint density at radius 2 is 1.95 bits per heavy atom. The van der Waals surface area contributed by atoms with Crippen LogP contribution in [0.2, 0.25) is 0 Å². The maximum atomic E-state index is 11.9. The van der Waals surface area contributed by atoms with Crippen molar-refractivity contribution in [1.29, 1.82) is 0 Å². The molecule has 1 saturated carbocycles. The summed E-state index contributed by atoms with van der Waals surface area (Å²) in [6.45, 7) is 2.72. The highest BCUT2D eigenvalue weighted by Crippen LogP contribution is 2.23. The molecule has 2 aliphatic carbocycles. The lowest BCUT2D eigenvalue weighted by Gasteiger charge is -2.29. The predicted molar refractivity (Wildman–Crippen MR) is 83.7 cm³/mol. The second kappa shape index (κ2) is 8.20. The van der Waals surface area contributed by atoms with E-state index >= 15 is 0 Å². The molecule has 2 amide bonds. The Balaban J connectivity index is 1.67. The summed E-state index contributed by atoms with van der Waals surface area (Å²) < 4.78 is 0. The van der Waals surface area contributed by atoms with Gasteiger partial charge in [-0.15, -0.1) is 0 Å². The van der Waals surface area contributed by atoms with Crippen molar-refractivity contribution >= 4 is 11.8 Å². The average Bonchev–Trinajstić information content (AvgIpc) is 2.50. The van der Waals surface area contributed by atoms with Crippen molar-refractivity contribution in [1.82, 2.24) is 10.6 Å². The van der Waals surface area contributed by atoms with Crippen molar-refractivity contribution in [2.45, 2.75) is 70.8 Å². The van der Waals surface area contributed by atoms with Gasteiger partial charge in [-0.3, -0.25) is 9.59 Å². The van der Waals surface area contributed by atoms with Gasteiger partial charge in [-0.2, -0.15) is 0 Å². The van der Waals surface area contributed by atoms with E-state index in [1.165, 1.54) is 24.8 Å². The molecule has 0 aromatic rings. The van der Waals surface area contributed by atoms with Crippen LogP contribution < -0.4 is 10.6 Å². The zero-order valence-corrected chi connectivity index (χ0v) is 13.1. The first-order valence-electron chi connectivity index (χ1n) is 8.43. The standard InChI is InChI=1S/C17H28N2O2/c1-13-7-5-6-10-15(13)19-17(21)16(20)18-12-11-14-8-3-2-4-9-14/h8,13,15H,2-7,9-12H2,1H3,(H,18,20)(H,19,21)/t13-,15-/m0/s1. The Hall–Kier alpha value is -1.32. The van der Waals surface area contributed by atoms with Gasteiger partial charge in [-0.05, 0) is 50.9 Å². The third-order valence-electron chi connectivity index (χ3n) is 4.75. The molecule has 0 bridgehead atoms. The zero-order valence-electron chi connectivity index (χ0n) is 13.1. The lowest BCUT2D eigenvalue weighted by atomic mass is 9.86. The van der Waals surface area contributed by atoms with Gasteiger partial charge < -0.3 is 10.6 Å². The molecule has 0 saturated heterocycles. The van der Waals surface area contributed by atoms with Crippen LogP contribution in [-0.4, -0.2) is 24.4 Å². The van der Waals surface area contributed by atoms with Crippen molar-refractivity contribution in [3.63, 3.8) is 0 Å². The fourth-order valence-electron chi connectivity index (χ4n) is 3.31. The second-order valence-corrected chi connectivity index (χ2v) is 6.46. The molecule has 21 heavy (non-hydrogen) atoms. The van der Waals surface area contributed by atoms with E-state index < -0.39 is 11.8 Å². The smallest absolute Gasteiger partial charge is 0.309 e. The Labute approximate surface area is 127 Å². The molecule has 0 radical (unpaired) electrons. The van der Waals surface area contributed by atoms with Crippen LogP contribution in [-0.2, 0) is 9.59 Å². The van der Waals surface area contributed by atoms with Crippen molar-refractivity contribution in [3.05, 3.63) is 11.6 Å². The first kappa shape index (κ1) is 16.1. The maximum Gasteiger partial charge on any atom is 0.309 e. The molecule has 0 aromatic heterocycles. The molecule has 0 spiro atoms. The van der Waals surface area contributed by atoms with Crippen LogP contribution in [0.3, 0.4) is 0 Å². The minimum absolute atomic E-state index is 0.165. The van der Waals surface area contributed by atoms with Crippen LogP contribution in [0.4, 0.5) is 0 Å². The molecular formula is C17H28N2O2. The molecular weight excluding hydrogens is 264 g/mol. The monoisotopic (exact) mass is 292 g/mol. The number of carbonyl (C=O) groups is 2. The minimum Gasteiger partial charge on any atom is -0.348 e. The third-order valence-corrected chi connectivity index (χ3v) is 4.75. The Kier molecular flexibility index (Phi) is 6.27. The molecule has 4 nitrogen and oxygen atoms in total. The van der Waals surface area contributed by atoms with Crippen molar-refractivity contribution in [2.75, 3.05) is 6.54 Å². The maximum absolute atomic E-state index is 11.9. The van der Waals surface area contributed by atoms with E-state index in [4.69, 9.17) is 0 Å². The number of allylic oxidation sites excluding steroid dienone is 1. The highest BCUT2D eigenvalue weighted by atomic mass is 16.2. The molecule has 0 heterocycles. The summed E-state index contributed by atoms with van der Waals surface area (Å²) >= 11 is 0. The summed E-state index contributed by atoms with van der Waals surface area (Å²) in [5, 5.41) is 5.63. The van der Waals surface area contributed by atoms with E-state index in [9.17, 15) is 9.59 Å². The first-order chi connectivity index (χ1) is 10.2. The van der Waals surface area contributed by atoms with E-state index in [0.717, 1.165) is 38.5 Å². The van der Waals surface area contributed by atoms with Crippen LogP contribution in [0.5, 0.6) is 0 Å². The van der Waals surface area contributed by atoms with Gasteiger partial charge in [-0.1, -0.05) is 31.4 Å². The van der Waals surface area contributed by atoms with Gasteiger partial charge in [0.1, 0.15) is 0 Å². The molecule has 0 aliphatic heterocycles. The summed E-state index contributed by atoms with van der Waals surface area (Å²) in [4.78, 5) is 23.7. The number of carbonyl (C=O) groups excluding carboxylic acids is 2. The van der Waals surface area contributed by atoms with Gasteiger partial charge in [0.2, 0.25) is 0 Å². The largest absolute Gasteiger partial charge is 0.348 e. The lowest BCUT2D eigenvalue weighted by molar-refractivity contribution is -0.139. The number of hydrogen-bond acceptors (Lipinski definition) is 2. The highest BCUT2D eigenvalue weighted by molar-refractivity contribution is 6.35. The number of hydrogen-bond donors (Lipinski definition) is 2. The van der Waals surface area contributed by atoms with Crippen LogP contribution in [0.15, 0.2) is 11.6 Å². The van der Waals surface area contributed by atoms with E-state index in [0.29, 0.717) is 12.5 Å². The summed E-state index contributed by atoms with van der Waals surface area (Å²) in [5.74, 6) is -0.474. The molecule has 0 aromatic carbocycles. The second-order valence-electron chi connectivity index (χ2n) is 6.46. The summed E-state index contributed by atoms with van der Waals surface area (Å²) in [6, 6.07) is 0.165. The predicted octanol–water partition coefficient (Wildman–Crippen LogP) is 2.69. The lowest BCUT2D eigenvalue weighted by Crippen LogP contribution is -2.47. The fourth-order valence-corrected chi connectivity index (χ4v) is 3.31. The van der Waals surface area contributed by atoms with Crippen molar-refractivity contribution in [3.8, 4) is 0 Å². The molecule has 118 valence electrons. The van der Waals surface area contributed by atoms with Crippen LogP contribution in [0, 0.1) is 5.92 Å². The molecule has 2 atom stereocenters. The van der Waals surface area contributed by atoms with Gasteiger partial charge >= 0.3 is 11.8 Å². The Morgan fingerprint density at radius 1 is 1.14 bits per heavy atom. The van der Waals surface area contributed by atoms with Gasteiger partial charge in [-0.25, -0.2) is 0 Å². The van der Waals surface area contributed by atoms with E-state index in [-0.39, 0.29) is 6.04 Å². The van der Waals surface area contributed by atoms with Gasteiger partial charge in [0.15, 0.2) is 0 Å². The van der Waals surface area contributed by atoms with Crippen molar-refractivity contribution in [2.24, 2.45) is 5.92 Å². The highest BCUT2D eigenvalue weighted by Gasteiger charge is 2.25. The van der Waals surface area contributed by atoms with Gasteiger partial charge in [0.25, 0.3) is 0 Å². The first-order valence-corrected chi connectivity index (χ1v) is 8.43. The Morgan fingerprint density at radius 3 is 2.67 bits per heavy atom. The topological polar surface area (TPSA) is 58.2 Å². The number of rotatable bonds is 4. The number of nitrogens with one attached hydrogen (secondary N) is 2. The van der Waals surface area contributed by atoms with E-state index in [2.05, 4.69) is 23.6 Å². The van der Waals surface area contributed by atoms with Crippen LogP contribution in [0.25, 0.3) is 0 Å². The molecule has 4 heteroatoms. The summed E-state index contributed by atoms with van der Waals surface area (Å²) in [7, 11) is 0. The van der Waals surface area contributed by atoms with Crippen LogP contribution in [0.1, 0.15) is 64.7 Å². The van der Waals surface area contributed by atoms with E-state index in [1.54, 1.807) is 0 Å². The molecule has 2 N–H and O–H groups in total. The third kappa shape index (κ3) is 5.18. The summed E-state index contributed by atoms with van der Waals surface area (Å²) in [6.07, 6.45) is 12.5. The quantitative estimate of drug-likeness (QED) is 0.618. The van der Waals surface area contributed by atoms with E-state index in [1.807, 2.05) is 0 Å². The fraction of sp³-hybridized carbons (Fsp3) is 0.765.